The van der Waals surface area contributed by atoms with E-state index < -0.39 is 11.7 Å². The number of hydrogen-bond acceptors (Lipinski definition) is 2. The van der Waals surface area contributed by atoms with Crippen molar-refractivity contribution < 1.29 is 9.18 Å². The molecule has 0 radical (unpaired) electrons. The van der Waals surface area contributed by atoms with E-state index in [2.05, 4.69) is 10.5 Å². The number of nitrogens with one attached hydrogen (secondary N) is 1. The van der Waals surface area contributed by atoms with Crippen LogP contribution >= 0.6 is 23.2 Å². The molecule has 0 aliphatic rings. The Kier molecular flexibility index (Phi) is 4.71. The van der Waals surface area contributed by atoms with Crippen molar-refractivity contribution in [1.29, 1.82) is 0 Å². The molecule has 0 bridgehead atoms. The fourth-order valence-electron chi connectivity index (χ4n) is 1.46. The number of amides is 1. The van der Waals surface area contributed by atoms with E-state index in [4.69, 9.17) is 23.2 Å². The van der Waals surface area contributed by atoms with Gasteiger partial charge in [0, 0.05) is 0 Å². The van der Waals surface area contributed by atoms with Gasteiger partial charge >= 0.3 is 0 Å². The Balaban J connectivity index is 2.05. The minimum atomic E-state index is -0.626. The molecule has 0 heterocycles. The third-order valence-corrected chi connectivity index (χ3v) is 3.18. The minimum Gasteiger partial charge on any atom is -0.267 e. The lowest BCUT2D eigenvalue weighted by molar-refractivity contribution is 0.0951. The zero-order valence-electron chi connectivity index (χ0n) is 10.1. The molecule has 0 atom stereocenters. The number of carbonyl (C=O) groups excluding carboxylic acids is 1. The molecular weight excluding hydrogens is 302 g/mol. The Morgan fingerprint density at radius 2 is 1.90 bits per heavy atom. The van der Waals surface area contributed by atoms with Crippen molar-refractivity contribution in [2.24, 2.45) is 5.10 Å². The highest BCUT2D eigenvalue weighted by molar-refractivity contribution is 6.42. The largest absolute Gasteiger partial charge is 0.274 e. The molecule has 2 aromatic carbocycles. The first kappa shape index (κ1) is 14.5. The van der Waals surface area contributed by atoms with Crippen LogP contribution in [0.3, 0.4) is 0 Å². The fourth-order valence-corrected chi connectivity index (χ4v) is 1.77. The SMILES string of the molecule is O=C(N/N=C/c1ccc(Cl)c(Cl)c1)c1ccccc1F. The molecule has 0 spiro atoms. The van der Waals surface area contributed by atoms with Gasteiger partial charge in [0.2, 0.25) is 0 Å². The van der Waals surface area contributed by atoms with Crippen LogP contribution in [0.4, 0.5) is 4.39 Å². The summed E-state index contributed by atoms with van der Waals surface area (Å²) in [6.07, 6.45) is 1.39. The average molecular weight is 311 g/mol. The first-order chi connectivity index (χ1) is 9.58. The van der Waals surface area contributed by atoms with E-state index in [9.17, 15) is 9.18 Å². The summed E-state index contributed by atoms with van der Waals surface area (Å²) in [6.45, 7) is 0. The normalized spacial score (nSPS) is 10.8. The monoisotopic (exact) mass is 310 g/mol. The average Bonchev–Trinajstić information content (AvgIpc) is 2.43. The lowest BCUT2D eigenvalue weighted by atomic mass is 10.2. The fraction of sp³-hybridized carbons (Fsp3) is 0. The van der Waals surface area contributed by atoms with Gasteiger partial charge in [-0.1, -0.05) is 41.4 Å². The van der Waals surface area contributed by atoms with Crippen LogP contribution in [0.25, 0.3) is 0 Å². The summed E-state index contributed by atoms with van der Waals surface area (Å²) in [5, 5.41) is 4.55. The van der Waals surface area contributed by atoms with Crippen molar-refractivity contribution >= 4 is 35.3 Å². The summed E-state index contributed by atoms with van der Waals surface area (Å²) in [5.41, 5.74) is 2.83. The van der Waals surface area contributed by atoms with E-state index in [1.807, 2.05) is 0 Å². The second-order valence-corrected chi connectivity index (χ2v) is 4.67. The highest BCUT2D eigenvalue weighted by Gasteiger charge is 2.09. The Hall–Kier alpha value is -1.91. The lowest BCUT2D eigenvalue weighted by Crippen LogP contribution is -2.18. The summed E-state index contributed by atoms with van der Waals surface area (Å²) in [6, 6.07) is 10.6. The van der Waals surface area contributed by atoms with Gasteiger partial charge in [-0.25, -0.2) is 9.82 Å². The molecular formula is C14H9Cl2FN2O. The maximum atomic E-state index is 13.3. The van der Waals surface area contributed by atoms with Crippen molar-refractivity contribution in [3.05, 3.63) is 69.5 Å². The highest BCUT2D eigenvalue weighted by Crippen LogP contribution is 2.21. The Labute approximate surface area is 125 Å². The van der Waals surface area contributed by atoms with Gasteiger partial charge in [0.25, 0.3) is 5.91 Å². The standard InChI is InChI=1S/C14H9Cl2FN2O/c15-11-6-5-9(7-12(11)16)8-18-19-14(20)10-3-1-2-4-13(10)17/h1-8H,(H,19,20)/b18-8+. The Morgan fingerprint density at radius 3 is 2.60 bits per heavy atom. The van der Waals surface area contributed by atoms with Gasteiger partial charge in [0.15, 0.2) is 0 Å². The van der Waals surface area contributed by atoms with Gasteiger partial charge in [-0.3, -0.25) is 4.79 Å². The van der Waals surface area contributed by atoms with Gasteiger partial charge in [-0.2, -0.15) is 5.10 Å². The van der Waals surface area contributed by atoms with Gasteiger partial charge in [0.1, 0.15) is 5.82 Å². The molecule has 20 heavy (non-hydrogen) atoms. The van der Waals surface area contributed by atoms with Crippen LogP contribution in [0.1, 0.15) is 15.9 Å². The van der Waals surface area contributed by atoms with Crippen LogP contribution in [0.15, 0.2) is 47.6 Å². The van der Waals surface area contributed by atoms with Gasteiger partial charge in [-0.05, 0) is 29.8 Å². The first-order valence-electron chi connectivity index (χ1n) is 5.61. The van der Waals surface area contributed by atoms with E-state index in [1.165, 1.54) is 24.4 Å². The van der Waals surface area contributed by atoms with Crippen molar-refractivity contribution in [3.8, 4) is 0 Å². The van der Waals surface area contributed by atoms with Crippen LogP contribution in [-0.4, -0.2) is 12.1 Å². The van der Waals surface area contributed by atoms with Crippen molar-refractivity contribution in [2.75, 3.05) is 0 Å². The molecule has 0 saturated heterocycles. The molecule has 1 amide bonds. The van der Waals surface area contributed by atoms with E-state index >= 15 is 0 Å². The number of carbonyl (C=O) groups is 1. The van der Waals surface area contributed by atoms with E-state index in [0.29, 0.717) is 15.6 Å². The molecule has 0 aliphatic carbocycles. The van der Waals surface area contributed by atoms with Crippen LogP contribution in [0, 0.1) is 5.82 Å². The molecule has 3 nitrogen and oxygen atoms in total. The number of rotatable bonds is 3. The molecule has 1 N–H and O–H groups in total. The molecule has 0 saturated carbocycles. The molecule has 0 unspecified atom stereocenters. The molecule has 0 aliphatic heterocycles. The van der Waals surface area contributed by atoms with Crippen molar-refractivity contribution in [3.63, 3.8) is 0 Å². The zero-order valence-corrected chi connectivity index (χ0v) is 11.6. The van der Waals surface area contributed by atoms with Gasteiger partial charge in [-0.15, -0.1) is 0 Å². The van der Waals surface area contributed by atoms with Crippen LogP contribution in [-0.2, 0) is 0 Å². The number of halogens is 3. The predicted octanol–water partition coefficient (Wildman–Crippen LogP) is 3.90. The van der Waals surface area contributed by atoms with E-state index in [1.54, 1.807) is 24.3 Å². The summed E-state index contributed by atoms with van der Waals surface area (Å²) in [7, 11) is 0. The zero-order chi connectivity index (χ0) is 14.5. The maximum Gasteiger partial charge on any atom is 0.274 e. The molecule has 2 aromatic rings. The van der Waals surface area contributed by atoms with E-state index in [-0.39, 0.29) is 5.56 Å². The maximum absolute atomic E-state index is 13.3. The Morgan fingerprint density at radius 1 is 1.15 bits per heavy atom. The van der Waals surface area contributed by atoms with Gasteiger partial charge in [0.05, 0.1) is 21.8 Å². The van der Waals surface area contributed by atoms with Crippen LogP contribution < -0.4 is 5.43 Å². The number of hydrogen-bond donors (Lipinski definition) is 1. The second kappa shape index (κ2) is 6.50. The van der Waals surface area contributed by atoms with Crippen molar-refractivity contribution in [1.82, 2.24) is 5.43 Å². The smallest absolute Gasteiger partial charge is 0.267 e. The quantitative estimate of drug-likeness (QED) is 0.678. The minimum absolute atomic E-state index is 0.0706. The summed E-state index contributed by atoms with van der Waals surface area (Å²) < 4.78 is 13.3. The van der Waals surface area contributed by atoms with E-state index in [0.717, 1.165) is 0 Å². The molecule has 0 fully saturated rings. The van der Waals surface area contributed by atoms with Crippen LogP contribution in [0.5, 0.6) is 0 Å². The topological polar surface area (TPSA) is 41.5 Å². The summed E-state index contributed by atoms with van der Waals surface area (Å²) in [5.74, 6) is -1.23. The predicted molar refractivity (Wildman–Crippen MR) is 77.9 cm³/mol. The highest BCUT2D eigenvalue weighted by atomic mass is 35.5. The first-order valence-corrected chi connectivity index (χ1v) is 6.36. The number of nitrogens with zero attached hydrogens (tertiary/aromatic N) is 1. The van der Waals surface area contributed by atoms with Gasteiger partial charge < -0.3 is 0 Å². The Bertz CT molecular complexity index is 674. The third-order valence-electron chi connectivity index (χ3n) is 2.44. The lowest BCUT2D eigenvalue weighted by Gasteiger charge is -2.01. The van der Waals surface area contributed by atoms with Crippen LogP contribution in [0.2, 0.25) is 10.0 Å². The summed E-state index contributed by atoms with van der Waals surface area (Å²) >= 11 is 11.6. The number of benzene rings is 2. The van der Waals surface area contributed by atoms with Crippen molar-refractivity contribution in [2.45, 2.75) is 0 Å². The third kappa shape index (κ3) is 3.56. The second-order valence-electron chi connectivity index (χ2n) is 3.85. The molecule has 102 valence electrons. The molecule has 6 heteroatoms. The number of hydrazone groups is 1. The molecule has 0 aromatic heterocycles. The molecule has 2 rings (SSSR count). The summed E-state index contributed by atoms with van der Waals surface area (Å²) in [4.78, 5) is 11.7.